The molecule has 0 bridgehead atoms. The lowest BCUT2D eigenvalue weighted by atomic mass is 9.92. The van der Waals surface area contributed by atoms with Crippen molar-refractivity contribution in [1.82, 2.24) is 10.2 Å². The van der Waals surface area contributed by atoms with Crippen molar-refractivity contribution < 1.29 is 14.3 Å². The molecule has 2 saturated heterocycles. The Hall–Kier alpha value is -1.46. The summed E-state index contributed by atoms with van der Waals surface area (Å²) < 4.78 is 11.2. The standard InChI is InChI=1S/C19H26N2O3.ClH/c22-19(21-7-5-15-12-20-13-16(15)6-8-21)4-2-14-1-3-17-18(11-14)24-10-9-23-17;/h1,3,11,15-16,20H,2,4-10,12-13H2;1H/t15-,16+;. The number of hydrogen-bond acceptors (Lipinski definition) is 4. The molecule has 3 aliphatic rings. The first-order valence-corrected chi connectivity index (χ1v) is 9.16. The lowest BCUT2D eigenvalue weighted by Gasteiger charge is -2.21. The number of ether oxygens (including phenoxy) is 2. The Morgan fingerprint density at radius 1 is 1.08 bits per heavy atom. The Kier molecular flexibility index (Phi) is 6.07. The number of amides is 1. The number of nitrogens with one attached hydrogen (secondary N) is 1. The van der Waals surface area contributed by atoms with Crippen LogP contribution in [0, 0.1) is 11.8 Å². The van der Waals surface area contributed by atoms with Gasteiger partial charge in [0.2, 0.25) is 5.91 Å². The Balaban J connectivity index is 0.00000182. The van der Waals surface area contributed by atoms with Crippen LogP contribution in [0.3, 0.4) is 0 Å². The van der Waals surface area contributed by atoms with Gasteiger partial charge < -0.3 is 19.7 Å². The van der Waals surface area contributed by atoms with Crippen molar-refractivity contribution in [1.29, 1.82) is 0 Å². The van der Waals surface area contributed by atoms with Crippen molar-refractivity contribution in [3.05, 3.63) is 23.8 Å². The van der Waals surface area contributed by atoms with E-state index in [1.54, 1.807) is 0 Å². The molecule has 4 rings (SSSR count). The van der Waals surface area contributed by atoms with E-state index < -0.39 is 0 Å². The normalized spacial score (nSPS) is 24.9. The zero-order valence-electron chi connectivity index (χ0n) is 14.5. The van der Waals surface area contributed by atoms with Crippen molar-refractivity contribution >= 4 is 18.3 Å². The second kappa shape index (κ2) is 8.28. The topological polar surface area (TPSA) is 50.8 Å². The Morgan fingerprint density at radius 3 is 2.48 bits per heavy atom. The number of likely N-dealkylation sites (tertiary alicyclic amines) is 1. The van der Waals surface area contributed by atoms with Gasteiger partial charge in [-0.25, -0.2) is 0 Å². The zero-order chi connectivity index (χ0) is 16.4. The summed E-state index contributed by atoms with van der Waals surface area (Å²) in [7, 11) is 0. The molecule has 6 heteroatoms. The van der Waals surface area contributed by atoms with E-state index in [9.17, 15) is 4.79 Å². The van der Waals surface area contributed by atoms with Crippen LogP contribution >= 0.6 is 12.4 Å². The van der Waals surface area contributed by atoms with Gasteiger partial charge >= 0.3 is 0 Å². The fourth-order valence-electron chi connectivity index (χ4n) is 4.12. The van der Waals surface area contributed by atoms with Crippen LogP contribution < -0.4 is 14.8 Å². The third-order valence-electron chi connectivity index (χ3n) is 5.61. The molecule has 1 aromatic carbocycles. The van der Waals surface area contributed by atoms with Crippen molar-refractivity contribution in [3.8, 4) is 11.5 Å². The van der Waals surface area contributed by atoms with Crippen LogP contribution in [0.2, 0.25) is 0 Å². The number of benzene rings is 1. The van der Waals surface area contributed by atoms with E-state index in [1.165, 1.54) is 0 Å². The molecule has 0 unspecified atom stereocenters. The number of halogens is 1. The van der Waals surface area contributed by atoms with Crippen LogP contribution in [-0.4, -0.2) is 50.2 Å². The largest absolute Gasteiger partial charge is 0.486 e. The number of hydrogen-bond donors (Lipinski definition) is 1. The highest BCUT2D eigenvalue weighted by atomic mass is 35.5. The van der Waals surface area contributed by atoms with E-state index in [-0.39, 0.29) is 18.3 Å². The molecular weight excluding hydrogens is 340 g/mol. The van der Waals surface area contributed by atoms with Gasteiger partial charge in [-0.05, 0) is 61.9 Å². The highest BCUT2D eigenvalue weighted by Crippen LogP contribution is 2.31. The number of carbonyl (C=O) groups excluding carboxylic acids is 1. The summed E-state index contributed by atoms with van der Waals surface area (Å²) in [5, 5.41) is 3.48. The number of carbonyl (C=O) groups is 1. The van der Waals surface area contributed by atoms with Gasteiger partial charge in [-0.2, -0.15) is 0 Å². The highest BCUT2D eigenvalue weighted by Gasteiger charge is 2.31. The maximum absolute atomic E-state index is 12.6. The average molecular weight is 367 g/mol. The van der Waals surface area contributed by atoms with Gasteiger partial charge in [0.1, 0.15) is 13.2 Å². The summed E-state index contributed by atoms with van der Waals surface area (Å²) >= 11 is 0. The highest BCUT2D eigenvalue weighted by molar-refractivity contribution is 5.85. The lowest BCUT2D eigenvalue weighted by molar-refractivity contribution is -0.131. The van der Waals surface area contributed by atoms with Gasteiger partial charge in [-0.15, -0.1) is 12.4 Å². The summed E-state index contributed by atoms with van der Waals surface area (Å²) in [6.45, 7) is 5.30. The summed E-state index contributed by atoms with van der Waals surface area (Å²) in [5.41, 5.74) is 1.14. The Morgan fingerprint density at radius 2 is 1.76 bits per heavy atom. The van der Waals surface area contributed by atoms with Gasteiger partial charge in [0.05, 0.1) is 0 Å². The van der Waals surface area contributed by atoms with Crippen molar-refractivity contribution in [2.75, 3.05) is 39.4 Å². The fourth-order valence-corrected chi connectivity index (χ4v) is 4.12. The van der Waals surface area contributed by atoms with Crippen molar-refractivity contribution in [3.63, 3.8) is 0 Å². The molecule has 1 aromatic rings. The van der Waals surface area contributed by atoms with Gasteiger partial charge in [-0.3, -0.25) is 4.79 Å². The summed E-state index contributed by atoms with van der Waals surface area (Å²) in [5.74, 6) is 3.43. The molecule has 2 atom stereocenters. The average Bonchev–Trinajstić information content (AvgIpc) is 2.98. The summed E-state index contributed by atoms with van der Waals surface area (Å²) in [6.07, 6.45) is 3.63. The van der Waals surface area contributed by atoms with Gasteiger partial charge in [-0.1, -0.05) is 6.07 Å². The minimum atomic E-state index is 0. The molecule has 5 nitrogen and oxygen atoms in total. The van der Waals surface area contributed by atoms with Gasteiger partial charge in [0.15, 0.2) is 11.5 Å². The van der Waals surface area contributed by atoms with E-state index in [2.05, 4.69) is 10.2 Å². The van der Waals surface area contributed by atoms with Gasteiger partial charge in [0, 0.05) is 19.5 Å². The molecule has 0 radical (unpaired) electrons. The van der Waals surface area contributed by atoms with E-state index in [0.717, 1.165) is 74.3 Å². The number of aryl methyl sites for hydroxylation is 1. The smallest absolute Gasteiger partial charge is 0.222 e. The van der Waals surface area contributed by atoms with E-state index >= 15 is 0 Å². The molecule has 3 heterocycles. The zero-order valence-corrected chi connectivity index (χ0v) is 15.4. The van der Waals surface area contributed by atoms with Crippen molar-refractivity contribution in [2.45, 2.75) is 25.7 Å². The summed E-state index contributed by atoms with van der Waals surface area (Å²) in [6, 6.07) is 6.01. The SMILES string of the molecule is Cl.O=C(CCc1ccc2c(c1)OCCO2)N1CC[C@@H]2CNC[C@@H]2CC1. The maximum Gasteiger partial charge on any atom is 0.222 e. The predicted molar refractivity (Wildman–Crippen MR) is 98.7 cm³/mol. The third-order valence-corrected chi connectivity index (χ3v) is 5.61. The quantitative estimate of drug-likeness (QED) is 0.891. The van der Waals surface area contributed by atoms with E-state index in [1.807, 2.05) is 18.2 Å². The number of fused-ring (bicyclic) bond motifs is 2. The van der Waals surface area contributed by atoms with E-state index in [0.29, 0.717) is 19.6 Å². The molecule has 1 amide bonds. The first kappa shape index (κ1) is 18.3. The summed E-state index contributed by atoms with van der Waals surface area (Å²) in [4.78, 5) is 14.7. The number of nitrogens with zero attached hydrogens (tertiary/aromatic N) is 1. The Bertz CT molecular complexity index is 596. The molecular formula is C19H27ClN2O3. The van der Waals surface area contributed by atoms with Crippen molar-refractivity contribution in [2.24, 2.45) is 11.8 Å². The molecule has 138 valence electrons. The second-order valence-electron chi connectivity index (χ2n) is 7.11. The van der Waals surface area contributed by atoms with Gasteiger partial charge in [0.25, 0.3) is 0 Å². The molecule has 25 heavy (non-hydrogen) atoms. The predicted octanol–water partition coefficient (Wildman–Crippen LogP) is 2.27. The van der Waals surface area contributed by atoms with E-state index in [4.69, 9.17) is 9.47 Å². The molecule has 2 fully saturated rings. The second-order valence-corrected chi connectivity index (χ2v) is 7.11. The van der Waals surface area contributed by atoms with Crippen LogP contribution in [0.15, 0.2) is 18.2 Å². The van der Waals surface area contributed by atoms with Crippen LogP contribution in [0.25, 0.3) is 0 Å². The minimum Gasteiger partial charge on any atom is -0.486 e. The van der Waals surface area contributed by atoms with Crippen LogP contribution in [0.5, 0.6) is 11.5 Å². The molecule has 0 aliphatic carbocycles. The monoisotopic (exact) mass is 366 g/mol. The third kappa shape index (κ3) is 4.21. The molecule has 0 aromatic heterocycles. The van der Waals surface area contributed by atoms with Crippen LogP contribution in [-0.2, 0) is 11.2 Å². The lowest BCUT2D eigenvalue weighted by Crippen LogP contribution is -2.32. The Labute approximate surface area is 155 Å². The molecule has 0 spiro atoms. The molecule has 3 aliphatic heterocycles. The number of rotatable bonds is 3. The van der Waals surface area contributed by atoms with Crippen LogP contribution in [0.1, 0.15) is 24.8 Å². The molecule has 0 saturated carbocycles. The first-order valence-electron chi connectivity index (χ1n) is 9.16. The molecule has 1 N–H and O–H groups in total. The maximum atomic E-state index is 12.6. The first-order chi connectivity index (χ1) is 11.8. The van der Waals surface area contributed by atoms with Crippen LogP contribution in [0.4, 0.5) is 0 Å². The fraction of sp³-hybridized carbons (Fsp3) is 0.632. The minimum absolute atomic E-state index is 0.